The lowest BCUT2D eigenvalue weighted by Gasteiger charge is -2.23. The van der Waals surface area contributed by atoms with Gasteiger partial charge >= 0.3 is 0 Å². The van der Waals surface area contributed by atoms with Crippen molar-refractivity contribution in [3.8, 4) is 22.7 Å². The molecule has 1 aliphatic heterocycles. The molecule has 1 aliphatic rings. The van der Waals surface area contributed by atoms with Crippen molar-refractivity contribution in [3.63, 3.8) is 0 Å². The van der Waals surface area contributed by atoms with Gasteiger partial charge in [-0.25, -0.2) is 13.1 Å². The molecule has 10 nitrogen and oxygen atoms in total. The number of sulfonamides is 1. The van der Waals surface area contributed by atoms with E-state index in [0.717, 1.165) is 25.9 Å². The molecule has 11 heteroatoms. The normalized spacial score (nSPS) is 16.8. The van der Waals surface area contributed by atoms with Gasteiger partial charge in [-0.3, -0.25) is 9.69 Å². The molecule has 3 aromatic rings. The maximum atomic E-state index is 13.2. The monoisotopic (exact) mass is 487 g/mol. The number of ether oxygens (including phenoxy) is 1. The zero-order chi connectivity index (χ0) is 24.5. The van der Waals surface area contributed by atoms with E-state index in [-0.39, 0.29) is 22.2 Å². The summed E-state index contributed by atoms with van der Waals surface area (Å²) < 4.78 is 41.0. The predicted molar refractivity (Wildman–Crippen MR) is 127 cm³/mol. The van der Waals surface area contributed by atoms with E-state index in [0.29, 0.717) is 34.9 Å². The molecule has 0 bridgehead atoms. The summed E-state index contributed by atoms with van der Waals surface area (Å²) in [5.41, 5.74) is 1.59. The van der Waals surface area contributed by atoms with Gasteiger partial charge in [0.25, 0.3) is 5.56 Å². The Morgan fingerprint density at radius 3 is 2.71 bits per heavy atom. The Kier molecular flexibility index (Phi) is 6.87. The second-order valence-corrected chi connectivity index (χ2v) is 10.0. The zero-order valence-electron chi connectivity index (χ0n) is 19.7. The Hall–Kier alpha value is -3.02. The number of methoxy groups -OCH3 is 1. The van der Waals surface area contributed by atoms with E-state index in [4.69, 9.17) is 9.26 Å². The summed E-state index contributed by atoms with van der Waals surface area (Å²) in [5.74, 6) is 0.688. The first-order valence-corrected chi connectivity index (χ1v) is 12.7. The van der Waals surface area contributed by atoms with Crippen molar-refractivity contribution in [2.24, 2.45) is 0 Å². The van der Waals surface area contributed by atoms with Gasteiger partial charge in [-0.1, -0.05) is 12.1 Å². The van der Waals surface area contributed by atoms with Gasteiger partial charge in [-0.15, -0.1) is 0 Å². The summed E-state index contributed by atoms with van der Waals surface area (Å²) in [5, 5.41) is 8.34. The van der Waals surface area contributed by atoms with Crippen LogP contribution in [0.3, 0.4) is 0 Å². The molecule has 34 heavy (non-hydrogen) atoms. The van der Waals surface area contributed by atoms with E-state index in [2.05, 4.69) is 26.8 Å². The number of aryl methyl sites for hydroxylation is 2. The molecule has 2 aromatic heterocycles. The number of rotatable bonds is 8. The summed E-state index contributed by atoms with van der Waals surface area (Å²) >= 11 is 0. The number of nitrogens with one attached hydrogen (secondary N) is 1. The van der Waals surface area contributed by atoms with Gasteiger partial charge in [0.2, 0.25) is 10.0 Å². The van der Waals surface area contributed by atoms with E-state index >= 15 is 0 Å². The third-order valence-electron chi connectivity index (χ3n) is 6.17. The molecule has 1 fully saturated rings. The zero-order valence-corrected chi connectivity index (χ0v) is 20.6. The first-order valence-electron chi connectivity index (χ1n) is 11.2. The summed E-state index contributed by atoms with van der Waals surface area (Å²) in [6.45, 7) is 7.70. The second-order valence-electron chi connectivity index (χ2n) is 8.28. The number of likely N-dealkylation sites (tertiary alicyclic amines) is 1. The van der Waals surface area contributed by atoms with Crippen molar-refractivity contribution in [1.29, 1.82) is 0 Å². The van der Waals surface area contributed by atoms with Crippen LogP contribution in [0.4, 0.5) is 0 Å². The van der Waals surface area contributed by atoms with Crippen molar-refractivity contribution in [1.82, 2.24) is 24.6 Å². The van der Waals surface area contributed by atoms with E-state index in [1.165, 1.54) is 23.9 Å². The van der Waals surface area contributed by atoms with Gasteiger partial charge in [0.15, 0.2) is 5.76 Å². The molecule has 0 saturated carbocycles. The predicted octanol–water partition coefficient (Wildman–Crippen LogP) is 2.28. The van der Waals surface area contributed by atoms with Gasteiger partial charge in [0.1, 0.15) is 22.0 Å². The summed E-state index contributed by atoms with van der Waals surface area (Å²) in [7, 11) is -2.42. The topological polar surface area (TPSA) is 120 Å². The highest BCUT2D eigenvalue weighted by Crippen LogP contribution is 2.29. The van der Waals surface area contributed by atoms with E-state index in [1.807, 2.05) is 0 Å². The van der Waals surface area contributed by atoms with E-state index < -0.39 is 10.0 Å². The molecule has 0 spiro atoms. The first-order chi connectivity index (χ1) is 16.2. The number of hydrogen-bond donors (Lipinski definition) is 1. The van der Waals surface area contributed by atoms with Crippen molar-refractivity contribution in [3.05, 3.63) is 52.1 Å². The highest BCUT2D eigenvalue weighted by Gasteiger charge is 2.27. The number of nitrogens with zero attached hydrogens (tertiary/aromatic N) is 4. The minimum atomic E-state index is -3.85. The average Bonchev–Trinajstić information content (AvgIpc) is 3.43. The molecule has 0 radical (unpaired) electrons. The molecule has 3 heterocycles. The average molecular weight is 488 g/mol. The van der Waals surface area contributed by atoms with Crippen LogP contribution in [0.5, 0.6) is 5.75 Å². The number of aromatic nitrogens is 3. The summed E-state index contributed by atoms with van der Waals surface area (Å²) in [6.07, 6.45) is 2.02. The smallest absolute Gasteiger partial charge is 0.271 e. The van der Waals surface area contributed by atoms with E-state index in [1.54, 1.807) is 32.0 Å². The maximum Gasteiger partial charge on any atom is 0.271 e. The standard InChI is InChI=1S/C23H29N5O5S/c1-5-27-12-6-7-18(27)14-24-34(30,31)21-13-17(8-10-20(21)32-4)19-9-11-22(29)28(25-19)23-15(2)26-33-16(23)3/h8-11,13,18,24H,5-7,12,14H2,1-4H3. The van der Waals surface area contributed by atoms with Crippen LogP contribution >= 0.6 is 0 Å². The van der Waals surface area contributed by atoms with Crippen LogP contribution in [0.1, 0.15) is 31.2 Å². The van der Waals surface area contributed by atoms with Crippen molar-refractivity contribution in [2.75, 3.05) is 26.7 Å². The quantitative estimate of drug-likeness (QED) is 0.514. The van der Waals surface area contributed by atoms with Gasteiger partial charge in [-0.05, 0) is 64.0 Å². The van der Waals surface area contributed by atoms with Gasteiger partial charge in [0, 0.05) is 24.2 Å². The SMILES string of the molecule is CCN1CCCC1CNS(=O)(=O)c1cc(-c2ccc(=O)n(-c3c(C)noc3C)n2)ccc1OC. The largest absolute Gasteiger partial charge is 0.495 e. The minimum absolute atomic E-state index is 0.0189. The highest BCUT2D eigenvalue weighted by atomic mass is 32.2. The van der Waals surface area contributed by atoms with Crippen LogP contribution in [-0.2, 0) is 10.0 Å². The Bertz CT molecular complexity index is 1330. The molecule has 0 aliphatic carbocycles. The number of hydrogen-bond acceptors (Lipinski definition) is 8. The summed E-state index contributed by atoms with van der Waals surface area (Å²) in [6, 6.07) is 7.92. The fraction of sp³-hybridized carbons (Fsp3) is 0.435. The van der Waals surface area contributed by atoms with E-state index in [9.17, 15) is 13.2 Å². The second kappa shape index (κ2) is 9.69. The fourth-order valence-corrected chi connectivity index (χ4v) is 5.64. The molecular weight excluding hydrogens is 458 g/mol. The maximum absolute atomic E-state index is 13.2. The lowest BCUT2D eigenvalue weighted by molar-refractivity contribution is 0.268. The number of likely N-dealkylation sites (N-methyl/N-ethyl adjacent to an activating group) is 1. The molecule has 1 saturated heterocycles. The van der Waals surface area contributed by atoms with Crippen molar-refractivity contribution >= 4 is 10.0 Å². The first kappa shape index (κ1) is 24.1. The van der Waals surface area contributed by atoms with Crippen LogP contribution in [-0.4, -0.2) is 61.0 Å². The summed E-state index contributed by atoms with van der Waals surface area (Å²) in [4.78, 5) is 14.8. The molecule has 182 valence electrons. The van der Waals surface area contributed by atoms with Crippen LogP contribution in [0, 0.1) is 13.8 Å². The van der Waals surface area contributed by atoms with Crippen LogP contribution in [0.15, 0.2) is 44.5 Å². The minimum Gasteiger partial charge on any atom is -0.495 e. The fourth-order valence-electron chi connectivity index (χ4n) is 4.38. The van der Waals surface area contributed by atoms with Crippen molar-refractivity contribution < 1.29 is 17.7 Å². The lowest BCUT2D eigenvalue weighted by atomic mass is 10.1. The van der Waals surface area contributed by atoms with Gasteiger partial charge in [0.05, 0.1) is 12.8 Å². The third-order valence-corrected chi connectivity index (χ3v) is 7.62. The molecule has 1 atom stereocenters. The Labute approximate surface area is 198 Å². The molecule has 4 rings (SSSR count). The molecular formula is C23H29N5O5S. The molecule has 1 aromatic carbocycles. The lowest BCUT2D eigenvalue weighted by Crippen LogP contribution is -2.40. The number of benzene rings is 1. The van der Waals surface area contributed by atoms with Crippen LogP contribution in [0.25, 0.3) is 16.9 Å². The molecule has 0 amide bonds. The van der Waals surface area contributed by atoms with Gasteiger partial charge in [-0.2, -0.15) is 9.78 Å². The highest BCUT2D eigenvalue weighted by molar-refractivity contribution is 7.89. The van der Waals surface area contributed by atoms with Gasteiger partial charge < -0.3 is 9.26 Å². The van der Waals surface area contributed by atoms with Crippen LogP contribution in [0.2, 0.25) is 0 Å². The van der Waals surface area contributed by atoms with Crippen molar-refractivity contribution in [2.45, 2.75) is 44.6 Å². The molecule has 1 N–H and O–H groups in total. The molecule has 1 unspecified atom stereocenters. The van der Waals surface area contributed by atoms with Crippen LogP contribution < -0.4 is 15.0 Å². The Morgan fingerprint density at radius 1 is 1.24 bits per heavy atom. The third kappa shape index (κ3) is 4.63. The Balaban J connectivity index is 1.69. The Morgan fingerprint density at radius 2 is 2.03 bits per heavy atom.